The zero-order valence-electron chi connectivity index (χ0n) is 8.55. The quantitative estimate of drug-likeness (QED) is 0.739. The van der Waals surface area contributed by atoms with Crippen molar-refractivity contribution in [2.75, 3.05) is 0 Å². The number of hydrogen-bond donors (Lipinski definition) is 0. The van der Waals surface area contributed by atoms with E-state index in [0.29, 0.717) is 12.3 Å². The first-order valence-electron chi connectivity index (χ1n) is 4.88. The third-order valence-electron chi connectivity index (χ3n) is 2.33. The van der Waals surface area contributed by atoms with Gasteiger partial charge in [0.05, 0.1) is 4.34 Å². The Morgan fingerprint density at radius 3 is 2.71 bits per heavy atom. The van der Waals surface area contributed by atoms with E-state index < -0.39 is 0 Å². The molecule has 1 heterocycles. The zero-order valence-corrected chi connectivity index (χ0v) is 10.1. The van der Waals surface area contributed by atoms with Gasteiger partial charge < -0.3 is 4.79 Å². The van der Waals surface area contributed by atoms with Crippen LogP contribution in [0.1, 0.15) is 43.9 Å². The second-order valence-electron chi connectivity index (χ2n) is 3.49. The molecule has 3 heteroatoms. The average Bonchev–Trinajstić information content (AvgIpc) is 2.53. The molecular weight excluding hydrogens is 216 g/mol. The van der Waals surface area contributed by atoms with Crippen LogP contribution in [-0.2, 0) is 4.79 Å². The number of rotatable bonds is 5. The third-order valence-corrected chi connectivity index (χ3v) is 3.73. The molecule has 1 atom stereocenters. The van der Waals surface area contributed by atoms with Crippen LogP contribution in [0.3, 0.4) is 0 Å². The fraction of sp³-hybridized carbons (Fsp3) is 0.545. The van der Waals surface area contributed by atoms with E-state index in [9.17, 15) is 4.79 Å². The molecule has 0 aliphatic carbocycles. The fourth-order valence-corrected chi connectivity index (χ4v) is 2.75. The summed E-state index contributed by atoms with van der Waals surface area (Å²) in [5.74, 6) is 0.766. The predicted octanol–water partition coefficient (Wildman–Crippen LogP) is 4.26. The van der Waals surface area contributed by atoms with Crippen molar-refractivity contribution in [3.05, 3.63) is 21.3 Å². The lowest BCUT2D eigenvalue weighted by Crippen LogP contribution is -1.98. The van der Waals surface area contributed by atoms with Gasteiger partial charge in [0.15, 0.2) is 0 Å². The lowest BCUT2D eigenvalue weighted by molar-refractivity contribution is -0.117. The SMILES string of the molecule is CCC(CCC(C)=O)c1ccc(Cl)s1. The van der Waals surface area contributed by atoms with Gasteiger partial charge in [-0.2, -0.15) is 0 Å². The number of halogens is 1. The summed E-state index contributed by atoms with van der Waals surface area (Å²) in [5, 5.41) is 0. The van der Waals surface area contributed by atoms with Crippen molar-refractivity contribution in [1.29, 1.82) is 0 Å². The summed E-state index contributed by atoms with van der Waals surface area (Å²) in [4.78, 5) is 12.2. The minimum absolute atomic E-state index is 0.270. The van der Waals surface area contributed by atoms with E-state index in [2.05, 4.69) is 13.0 Å². The Hall–Kier alpha value is -0.340. The second kappa shape index (κ2) is 5.52. The highest BCUT2D eigenvalue weighted by atomic mass is 35.5. The van der Waals surface area contributed by atoms with Crippen molar-refractivity contribution in [2.24, 2.45) is 0 Å². The molecule has 1 aromatic rings. The summed E-state index contributed by atoms with van der Waals surface area (Å²) in [6.45, 7) is 3.80. The zero-order chi connectivity index (χ0) is 10.6. The van der Waals surface area contributed by atoms with Gasteiger partial charge in [-0.15, -0.1) is 11.3 Å². The molecule has 1 unspecified atom stereocenters. The maximum atomic E-state index is 10.9. The topological polar surface area (TPSA) is 17.1 Å². The smallest absolute Gasteiger partial charge is 0.129 e. The molecule has 0 N–H and O–H groups in total. The summed E-state index contributed by atoms with van der Waals surface area (Å²) in [5.41, 5.74) is 0. The van der Waals surface area contributed by atoms with Gasteiger partial charge >= 0.3 is 0 Å². The van der Waals surface area contributed by atoms with Crippen LogP contribution in [0, 0.1) is 0 Å². The van der Waals surface area contributed by atoms with Gasteiger partial charge in [0.2, 0.25) is 0 Å². The predicted molar refractivity (Wildman–Crippen MR) is 62.3 cm³/mol. The monoisotopic (exact) mass is 230 g/mol. The van der Waals surface area contributed by atoms with E-state index in [1.165, 1.54) is 4.88 Å². The summed E-state index contributed by atoms with van der Waals surface area (Å²) in [7, 11) is 0. The first-order valence-corrected chi connectivity index (χ1v) is 6.07. The molecule has 0 aromatic carbocycles. The molecule has 0 amide bonds. The van der Waals surface area contributed by atoms with Crippen molar-refractivity contribution in [3.8, 4) is 0 Å². The van der Waals surface area contributed by atoms with E-state index in [4.69, 9.17) is 11.6 Å². The van der Waals surface area contributed by atoms with E-state index in [0.717, 1.165) is 17.2 Å². The Balaban J connectivity index is 2.58. The summed E-state index contributed by atoms with van der Waals surface area (Å²) >= 11 is 7.50. The van der Waals surface area contributed by atoms with Crippen molar-refractivity contribution >= 4 is 28.7 Å². The van der Waals surface area contributed by atoms with Crippen molar-refractivity contribution < 1.29 is 4.79 Å². The number of thiophene rings is 1. The average molecular weight is 231 g/mol. The first kappa shape index (κ1) is 11.7. The molecule has 1 aromatic heterocycles. The standard InChI is InChI=1S/C11H15ClOS/c1-3-9(5-4-8(2)13)10-6-7-11(12)14-10/h6-7,9H,3-5H2,1-2H3. The third kappa shape index (κ3) is 3.43. The van der Waals surface area contributed by atoms with E-state index in [1.807, 2.05) is 6.07 Å². The van der Waals surface area contributed by atoms with Gasteiger partial charge in [-0.25, -0.2) is 0 Å². The highest BCUT2D eigenvalue weighted by Crippen LogP contribution is 2.32. The van der Waals surface area contributed by atoms with Crippen molar-refractivity contribution in [2.45, 2.75) is 39.0 Å². The molecule has 1 rings (SSSR count). The van der Waals surface area contributed by atoms with Gasteiger partial charge in [-0.05, 0) is 37.8 Å². The maximum absolute atomic E-state index is 10.9. The summed E-state index contributed by atoms with van der Waals surface area (Å²) in [6, 6.07) is 4.00. The van der Waals surface area contributed by atoms with Crippen LogP contribution < -0.4 is 0 Å². The fourth-order valence-electron chi connectivity index (χ4n) is 1.47. The Labute approximate surface area is 94.1 Å². The van der Waals surface area contributed by atoms with Crippen LogP contribution in [0.4, 0.5) is 0 Å². The van der Waals surface area contributed by atoms with Gasteiger partial charge in [0.1, 0.15) is 5.78 Å². The summed E-state index contributed by atoms with van der Waals surface area (Å²) < 4.78 is 0.835. The Kier molecular flexibility index (Phi) is 4.63. The van der Waals surface area contributed by atoms with Crippen molar-refractivity contribution in [3.63, 3.8) is 0 Å². The molecule has 0 saturated heterocycles. The van der Waals surface area contributed by atoms with Crippen LogP contribution in [-0.4, -0.2) is 5.78 Å². The molecule has 0 radical (unpaired) electrons. The van der Waals surface area contributed by atoms with Crippen LogP contribution in [0.15, 0.2) is 12.1 Å². The molecule has 0 aliphatic heterocycles. The minimum Gasteiger partial charge on any atom is -0.300 e. The number of carbonyl (C=O) groups excluding carboxylic acids is 1. The molecular formula is C11H15ClOS. The number of Topliss-reactive ketones (excluding diaryl/α,β-unsaturated/α-hetero) is 1. The van der Waals surface area contributed by atoms with Crippen molar-refractivity contribution in [1.82, 2.24) is 0 Å². The molecule has 78 valence electrons. The van der Waals surface area contributed by atoms with Gasteiger partial charge in [0, 0.05) is 11.3 Å². The van der Waals surface area contributed by atoms with Gasteiger partial charge in [-0.3, -0.25) is 0 Å². The number of hydrogen-bond acceptors (Lipinski definition) is 2. The second-order valence-corrected chi connectivity index (χ2v) is 5.23. The Morgan fingerprint density at radius 1 is 1.57 bits per heavy atom. The van der Waals surface area contributed by atoms with Gasteiger partial charge in [0.25, 0.3) is 0 Å². The van der Waals surface area contributed by atoms with Crippen LogP contribution in [0.2, 0.25) is 4.34 Å². The number of ketones is 1. The molecule has 0 saturated carbocycles. The lowest BCUT2D eigenvalue weighted by atomic mass is 9.97. The first-order chi connectivity index (χ1) is 6.63. The highest BCUT2D eigenvalue weighted by molar-refractivity contribution is 7.16. The Bertz CT molecular complexity index is 306. The molecule has 0 bridgehead atoms. The van der Waals surface area contributed by atoms with E-state index >= 15 is 0 Å². The molecule has 0 aliphatic rings. The number of carbonyl (C=O) groups is 1. The largest absolute Gasteiger partial charge is 0.300 e. The molecule has 14 heavy (non-hydrogen) atoms. The maximum Gasteiger partial charge on any atom is 0.129 e. The summed E-state index contributed by atoms with van der Waals surface area (Å²) in [6.07, 6.45) is 2.70. The van der Waals surface area contributed by atoms with E-state index in [-0.39, 0.29) is 5.78 Å². The lowest BCUT2D eigenvalue weighted by Gasteiger charge is -2.11. The van der Waals surface area contributed by atoms with Crippen LogP contribution in [0.25, 0.3) is 0 Å². The highest BCUT2D eigenvalue weighted by Gasteiger charge is 2.12. The van der Waals surface area contributed by atoms with Crippen LogP contribution in [0.5, 0.6) is 0 Å². The molecule has 0 fully saturated rings. The molecule has 1 nitrogen and oxygen atoms in total. The van der Waals surface area contributed by atoms with Gasteiger partial charge in [-0.1, -0.05) is 18.5 Å². The minimum atomic E-state index is 0.270. The molecule has 0 spiro atoms. The van der Waals surface area contributed by atoms with E-state index in [1.54, 1.807) is 18.3 Å². The van der Waals surface area contributed by atoms with Crippen LogP contribution >= 0.6 is 22.9 Å². The Morgan fingerprint density at radius 2 is 2.29 bits per heavy atom. The normalized spacial score (nSPS) is 12.8.